The minimum Gasteiger partial charge on any atom is -0.251 e. The molecule has 4 heteroatoms. The van der Waals surface area contributed by atoms with Crippen LogP contribution in [-0.2, 0) is 12.8 Å². The first-order chi connectivity index (χ1) is 16.3. The van der Waals surface area contributed by atoms with E-state index in [1.54, 1.807) is 0 Å². The predicted octanol–water partition coefficient (Wildman–Crippen LogP) is 9.40. The number of nitrogens with zero attached hydrogens (tertiary/aromatic N) is 2. The highest BCUT2D eigenvalue weighted by molar-refractivity contribution is 9.10. The third kappa shape index (κ3) is 6.43. The summed E-state index contributed by atoms with van der Waals surface area (Å²) in [5, 5.41) is 0. The molecule has 0 atom stereocenters. The Balaban J connectivity index is 1.87. The molecule has 174 valence electrons. The molecule has 0 spiro atoms. The van der Waals surface area contributed by atoms with Gasteiger partial charge in [0, 0.05) is 20.3 Å². The van der Waals surface area contributed by atoms with Gasteiger partial charge in [0.1, 0.15) is 0 Å². The van der Waals surface area contributed by atoms with Crippen LogP contribution in [0, 0.1) is 11.8 Å². The van der Waals surface area contributed by atoms with Gasteiger partial charge in [0.05, 0.1) is 11.4 Å². The summed E-state index contributed by atoms with van der Waals surface area (Å²) < 4.78 is 2.16. The van der Waals surface area contributed by atoms with Crippen molar-refractivity contribution in [1.29, 1.82) is 0 Å². The first kappa shape index (κ1) is 24.8. The smallest absolute Gasteiger partial charge is 0.0895 e. The normalized spacial score (nSPS) is 11.4. The number of benzene rings is 2. The topological polar surface area (TPSA) is 25.8 Å². The summed E-state index contributed by atoms with van der Waals surface area (Å²) in [6.07, 6.45) is 1.87. The van der Waals surface area contributed by atoms with Gasteiger partial charge in [-0.05, 0) is 95.5 Å². The molecule has 4 rings (SSSR count). The second kappa shape index (κ2) is 11.0. The van der Waals surface area contributed by atoms with E-state index in [-0.39, 0.29) is 0 Å². The molecule has 34 heavy (non-hydrogen) atoms. The average molecular weight is 578 g/mol. The van der Waals surface area contributed by atoms with Crippen LogP contribution in [-0.4, -0.2) is 9.97 Å². The molecule has 0 saturated heterocycles. The van der Waals surface area contributed by atoms with Gasteiger partial charge in [-0.3, -0.25) is 9.97 Å². The highest BCUT2D eigenvalue weighted by Crippen LogP contribution is 2.31. The van der Waals surface area contributed by atoms with Crippen LogP contribution in [0.25, 0.3) is 33.6 Å². The molecule has 0 bridgehead atoms. The van der Waals surface area contributed by atoms with E-state index in [1.165, 1.54) is 22.3 Å². The second-order valence-electron chi connectivity index (χ2n) is 9.67. The van der Waals surface area contributed by atoms with Crippen molar-refractivity contribution in [3.8, 4) is 33.6 Å². The number of hydrogen-bond donors (Lipinski definition) is 0. The first-order valence-electron chi connectivity index (χ1n) is 11.8. The van der Waals surface area contributed by atoms with Crippen molar-refractivity contribution in [3.63, 3.8) is 0 Å². The van der Waals surface area contributed by atoms with Crippen molar-refractivity contribution >= 4 is 31.9 Å². The molecule has 0 aliphatic heterocycles. The molecular formula is C30H30Br2N2. The van der Waals surface area contributed by atoms with Gasteiger partial charge in [-0.2, -0.15) is 0 Å². The van der Waals surface area contributed by atoms with Crippen molar-refractivity contribution in [2.24, 2.45) is 11.8 Å². The molecular weight excluding hydrogens is 548 g/mol. The fourth-order valence-corrected chi connectivity index (χ4v) is 4.63. The van der Waals surface area contributed by atoms with Crippen LogP contribution in [0.15, 0.2) is 81.7 Å². The first-order valence-corrected chi connectivity index (χ1v) is 13.4. The summed E-state index contributed by atoms with van der Waals surface area (Å²) in [6, 6.07) is 25.8. The Morgan fingerprint density at radius 2 is 0.882 bits per heavy atom. The van der Waals surface area contributed by atoms with E-state index in [4.69, 9.17) is 9.97 Å². The van der Waals surface area contributed by atoms with Gasteiger partial charge in [0.15, 0.2) is 0 Å². The SMILES string of the molecule is CC(C)Cc1cc(-c2ccc(Br)cc2)cc(-c2cc(-c3ccc(Br)cc3)cc(CC(C)C)n2)n1. The minimum absolute atomic E-state index is 0.527. The average Bonchev–Trinajstić information content (AvgIpc) is 2.79. The predicted molar refractivity (Wildman–Crippen MR) is 151 cm³/mol. The Morgan fingerprint density at radius 1 is 0.529 bits per heavy atom. The maximum Gasteiger partial charge on any atom is 0.0895 e. The van der Waals surface area contributed by atoms with Crippen molar-refractivity contribution in [2.45, 2.75) is 40.5 Å². The summed E-state index contributed by atoms with van der Waals surface area (Å²) in [6.45, 7) is 8.95. The summed E-state index contributed by atoms with van der Waals surface area (Å²) >= 11 is 7.11. The Kier molecular flexibility index (Phi) is 8.00. The fraction of sp³-hybridized carbons (Fsp3) is 0.267. The lowest BCUT2D eigenvalue weighted by Crippen LogP contribution is -2.03. The lowest BCUT2D eigenvalue weighted by Gasteiger charge is -2.14. The Bertz CT molecular complexity index is 1160. The van der Waals surface area contributed by atoms with Crippen LogP contribution < -0.4 is 0 Å². The van der Waals surface area contributed by atoms with E-state index < -0.39 is 0 Å². The number of pyridine rings is 2. The van der Waals surface area contributed by atoms with Gasteiger partial charge in [0.2, 0.25) is 0 Å². The van der Waals surface area contributed by atoms with E-state index in [9.17, 15) is 0 Å². The van der Waals surface area contributed by atoms with Crippen LogP contribution in [0.4, 0.5) is 0 Å². The zero-order valence-corrected chi connectivity index (χ0v) is 23.3. The zero-order valence-electron chi connectivity index (χ0n) is 20.1. The van der Waals surface area contributed by atoms with E-state index in [2.05, 4.69) is 132 Å². The summed E-state index contributed by atoms with van der Waals surface area (Å²) in [5.74, 6) is 1.05. The lowest BCUT2D eigenvalue weighted by molar-refractivity contribution is 0.634. The Labute approximate surface area is 220 Å². The lowest BCUT2D eigenvalue weighted by atomic mass is 9.98. The zero-order chi connectivity index (χ0) is 24.2. The van der Waals surface area contributed by atoms with E-state index in [1.807, 2.05) is 0 Å². The maximum absolute atomic E-state index is 5.08. The van der Waals surface area contributed by atoms with Crippen molar-refractivity contribution in [2.75, 3.05) is 0 Å². The molecule has 0 N–H and O–H groups in total. The highest BCUT2D eigenvalue weighted by Gasteiger charge is 2.13. The fourth-order valence-electron chi connectivity index (χ4n) is 4.10. The number of halogens is 2. The summed E-state index contributed by atoms with van der Waals surface area (Å²) in [7, 11) is 0. The van der Waals surface area contributed by atoms with Crippen LogP contribution in [0.3, 0.4) is 0 Å². The van der Waals surface area contributed by atoms with E-state index >= 15 is 0 Å². The van der Waals surface area contributed by atoms with Crippen molar-refractivity contribution in [3.05, 3.63) is 93.1 Å². The molecule has 0 fully saturated rings. The second-order valence-corrected chi connectivity index (χ2v) is 11.5. The molecule has 4 aromatic rings. The molecule has 2 heterocycles. The quantitative estimate of drug-likeness (QED) is 0.218. The molecule has 2 nitrogen and oxygen atoms in total. The maximum atomic E-state index is 5.08. The van der Waals surface area contributed by atoms with Gasteiger partial charge >= 0.3 is 0 Å². The van der Waals surface area contributed by atoms with Gasteiger partial charge in [-0.15, -0.1) is 0 Å². The molecule has 2 aromatic carbocycles. The number of aromatic nitrogens is 2. The van der Waals surface area contributed by atoms with E-state index in [0.717, 1.165) is 44.6 Å². The minimum atomic E-state index is 0.527. The standard InChI is InChI=1S/C30H30Br2N2/c1-19(2)13-27-15-23(21-5-9-25(31)10-6-21)17-29(33-27)30-18-24(16-28(34-30)14-20(3)4)22-7-11-26(32)12-8-22/h5-12,15-20H,13-14H2,1-4H3. The van der Waals surface area contributed by atoms with Gasteiger partial charge in [-0.1, -0.05) is 83.8 Å². The monoisotopic (exact) mass is 576 g/mol. The van der Waals surface area contributed by atoms with Gasteiger partial charge in [0.25, 0.3) is 0 Å². The summed E-state index contributed by atoms with van der Waals surface area (Å²) in [4.78, 5) is 10.2. The number of hydrogen-bond acceptors (Lipinski definition) is 2. The van der Waals surface area contributed by atoms with Gasteiger partial charge in [-0.25, -0.2) is 0 Å². The molecule has 0 saturated carbocycles. The van der Waals surface area contributed by atoms with Crippen molar-refractivity contribution in [1.82, 2.24) is 9.97 Å². The highest BCUT2D eigenvalue weighted by atomic mass is 79.9. The van der Waals surface area contributed by atoms with Gasteiger partial charge < -0.3 is 0 Å². The molecule has 0 radical (unpaired) electrons. The van der Waals surface area contributed by atoms with E-state index in [0.29, 0.717) is 11.8 Å². The van der Waals surface area contributed by atoms with Crippen molar-refractivity contribution < 1.29 is 0 Å². The van der Waals surface area contributed by atoms with Crippen LogP contribution in [0.5, 0.6) is 0 Å². The molecule has 0 amide bonds. The molecule has 2 aromatic heterocycles. The van der Waals surface area contributed by atoms with Crippen LogP contribution in [0.1, 0.15) is 39.1 Å². The van der Waals surface area contributed by atoms with Crippen LogP contribution in [0.2, 0.25) is 0 Å². The molecule has 0 unspecified atom stereocenters. The van der Waals surface area contributed by atoms with Crippen LogP contribution >= 0.6 is 31.9 Å². The number of rotatable bonds is 7. The largest absolute Gasteiger partial charge is 0.251 e. The third-order valence-corrected chi connectivity index (χ3v) is 6.67. The summed E-state index contributed by atoms with van der Waals surface area (Å²) in [5.41, 5.74) is 8.79. The third-order valence-electron chi connectivity index (χ3n) is 5.61. The molecule has 0 aliphatic rings. The molecule has 0 aliphatic carbocycles. The Hall–Kier alpha value is -2.30. The Morgan fingerprint density at radius 3 is 1.21 bits per heavy atom.